The van der Waals surface area contributed by atoms with Crippen LogP contribution in [-0.2, 0) is 42.3 Å². The predicted octanol–water partition coefficient (Wildman–Crippen LogP) is -0.0410. The summed E-state index contributed by atoms with van der Waals surface area (Å²) in [6, 6.07) is 0. The number of hydrogen-bond donors (Lipinski definition) is 0. The van der Waals surface area contributed by atoms with E-state index in [2.05, 4.69) is 4.74 Å². The highest BCUT2D eigenvalue weighted by molar-refractivity contribution is 7.95. The maximum absolute atomic E-state index is 11.7. The minimum atomic E-state index is -1.32. The summed E-state index contributed by atoms with van der Waals surface area (Å²) < 4.78 is 24.7. The Morgan fingerprint density at radius 1 is 0.864 bits per heavy atom. The molecule has 1 saturated heterocycles. The van der Waals surface area contributed by atoms with Crippen molar-refractivity contribution < 1.29 is 42.3 Å². The number of hydrogen-bond acceptors (Lipinski definition) is 10. The molecule has 0 bridgehead atoms. The van der Waals surface area contributed by atoms with Gasteiger partial charge in [-0.2, -0.15) is 0 Å². The first-order chi connectivity index (χ1) is 10.3. The molecule has 0 spiro atoms. The highest BCUT2D eigenvalue weighted by Gasteiger charge is 2.51. The summed E-state index contributed by atoms with van der Waals surface area (Å²) in [5.41, 5.74) is -1.09. The van der Waals surface area contributed by atoms with Crippen LogP contribution in [0.25, 0.3) is 0 Å². The molecule has 0 saturated carbocycles. The monoisotopic (exact) mass is 336 g/mol. The molecular weight excluding hydrogens is 320 g/mol. The van der Waals surface area contributed by atoms with Crippen molar-refractivity contribution in [2.45, 2.75) is 44.5 Å². The first-order valence-electron chi connectivity index (χ1n) is 6.18. The normalized spacial score (nSPS) is 27.5. The van der Waals surface area contributed by atoms with Gasteiger partial charge in [0.25, 0.3) is 0 Å². The summed E-state index contributed by atoms with van der Waals surface area (Å²) in [6.45, 7) is 3.39. The third kappa shape index (κ3) is 4.88. The Balaban J connectivity index is 3.09. The molecule has 10 heteroatoms. The van der Waals surface area contributed by atoms with E-state index < -0.39 is 47.6 Å². The highest BCUT2D eigenvalue weighted by Crippen LogP contribution is 2.34. The van der Waals surface area contributed by atoms with E-state index in [9.17, 15) is 19.2 Å². The lowest BCUT2D eigenvalue weighted by molar-refractivity contribution is -0.193. The average molecular weight is 336 g/mol. The highest BCUT2D eigenvalue weighted by atomic mass is 32.2. The molecule has 4 atom stereocenters. The SMILES string of the molecule is COC(=O)[C@H]1OS[C@H](OC(C)=O)[C@@H](OC(C)=O)[C@@H]1OC(C)=O. The van der Waals surface area contributed by atoms with Crippen LogP contribution >= 0.6 is 12.0 Å². The van der Waals surface area contributed by atoms with E-state index in [0.29, 0.717) is 12.0 Å². The van der Waals surface area contributed by atoms with Crippen molar-refractivity contribution in [3.63, 3.8) is 0 Å². The van der Waals surface area contributed by atoms with Crippen LogP contribution in [0.4, 0.5) is 0 Å². The van der Waals surface area contributed by atoms with E-state index in [1.54, 1.807) is 0 Å². The Labute approximate surface area is 130 Å². The molecule has 0 aromatic carbocycles. The molecule has 124 valence electrons. The van der Waals surface area contributed by atoms with Crippen LogP contribution in [0.3, 0.4) is 0 Å². The molecule has 0 radical (unpaired) electrons. The first-order valence-corrected chi connectivity index (χ1v) is 6.98. The van der Waals surface area contributed by atoms with Gasteiger partial charge < -0.3 is 18.9 Å². The van der Waals surface area contributed by atoms with Gasteiger partial charge in [-0.15, -0.1) is 0 Å². The van der Waals surface area contributed by atoms with E-state index in [4.69, 9.17) is 18.4 Å². The fourth-order valence-electron chi connectivity index (χ4n) is 1.73. The number of rotatable bonds is 4. The van der Waals surface area contributed by atoms with Gasteiger partial charge in [-0.25, -0.2) is 4.79 Å². The summed E-state index contributed by atoms with van der Waals surface area (Å²) in [7, 11) is 1.13. The fourth-order valence-corrected chi connectivity index (χ4v) is 2.64. The van der Waals surface area contributed by atoms with Gasteiger partial charge in [0.05, 0.1) is 7.11 Å². The van der Waals surface area contributed by atoms with Crippen LogP contribution in [0.5, 0.6) is 0 Å². The van der Waals surface area contributed by atoms with Crippen LogP contribution in [0.2, 0.25) is 0 Å². The lowest BCUT2D eigenvalue weighted by atomic mass is 10.1. The van der Waals surface area contributed by atoms with Crippen molar-refractivity contribution >= 4 is 35.9 Å². The van der Waals surface area contributed by atoms with Crippen molar-refractivity contribution in [2.75, 3.05) is 7.11 Å². The van der Waals surface area contributed by atoms with Gasteiger partial charge in [-0.05, 0) is 0 Å². The Bertz CT molecular complexity index is 464. The van der Waals surface area contributed by atoms with Gasteiger partial charge in [-0.3, -0.25) is 18.6 Å². The van der Waals surface area contributed by atoms with Crippen molar-refractivity contribution in [1.29, 1.82) is 0 Å². The van der Waals surface area contributed by atoms with Crippen LogP contribution in [0.15, 0.2) is 0 Å². The summed E-state index contributed by atoms with van der Waals surface area (Å²) in [5.74, 6) is -2.91. The van der Waals surface area contributed by atoms with E-state index >= 15 is 0 Å². The molecule has 1 aliphatic rings. The third-order valence-corrected chi connectivity index (χ3v) is 3.34. The lowest BCUT2D eigenvalue weighted by Crippen LogP contribution is -2.56. The van der Waals surface area contributed by atoms with Crippen LogP contribution < -0.4 is 0 Å². The Hall–Kier alpha value is -1.81. The maximum atomic E-state index is 11.7. The van der Waals surface area contributed by atoms with Gasteiger partial charge in [-0.1, -0.05) is 0 Å². The number of ether oxygens (including phenoxy) is 4. The summed E-state index contributed by atoms with van der Waals surface area (Å²) >= 11 is 0.612. The van der Waals surface area contributed by atoms with Crippen molar-refractivity contribution in [2.24, 2.45) is 0 Å². The standard InChI is InChI=1S/C12H16O9S/c1-5(13)18-8-9(11(16)17-4)21-22-12(20-7(3)15)10(8)19-6(2)14/h8-10,12H,1-4H3/t8-,9+,10+,12+/m1/s1. The maximum Gasteiger partial charge on any atom is 0.340 e. The van der Waals surface area contributed by atoms with Crippen molar-refractivity contribution in [3.8, 4) is 0 Å². The zero-order valence-electron chi connectivity index (χ0n) is 12.4. The molecule has 0 unspecified atom stereocenters. The second-order valence-electron chi connectivity index (χ2n) is 4.26. The van der Waals surface area contributed by atoms with Crippen molar-refractivity contribution in [1.82, 2.24) is 0 Å². The Morgan fingerprint density at radius 3 is 1.82 bits per heavy atom. The summed E-state index contributed by atoms with van der Waals surface area (Å²) in [4.78, 5) is 45.3. The molecule has 22 heavy (non-hydrogen) atoms. The zero-order valence-corrected chi connectivity index (χ0v) is 13.2. The number of esters is 4. The molecule has 0 aliphatic carbocycles. The molecule has 0 aromatic heterocycles. The minimum Gasteiger partial charge on any atom is -0.467 e. The predicted molar refractivity (Wildman–Crippen MR) is 71.1 cm³/mol. The smallest absolute Gasteiger partial charge is 0.340 e. The van der Waals surface area contributed by atoms with Gasteiger partial charge in [0.1, 0.15) is 0 Å². The van der Waals surface area contributed by atoms with E-state index in [-0.39, 0.29) is 0 Å². The Morgan fingerprint density at radius 2 is 1.36 bits per heavy atom. The third-order valence-electron chi connectivity index (χ3n) is 2.46. The van der Waals surface area contributed by atoms with Gasteiger partial charge >= 0.3 is 23.9 Å². The van der Waals surface area contributed by atoms with E-state index in [1.165, 1.54) is 0 Å². The van der Waals surface area contributed by atoms with Crippen LogP contribution in [-0.4, -0.2) is 54.7 Å². The van der Waals surface area contributed by atoms with E-state index in [0.717, 1.165) is 27.9 Å². The quantitative estimate of drug-likeness (QED) is 0.393. The van der Waals surface area contributed by atoms with Gasteiger partial charge in [0.15, 0.2) is 12.2 Å². The Kier molecular flexibility index (Phi) is 6.62. The molecule has 0 amide bonds. The fraction of sp³-hybridized carbons (Fsp3) is 0.667. The van der Waals surface area contributed by atoms with Crippen LogP contribution in [0, 0.1) is 0 Å². The number of carbonyl (C=O) groups excluding carboxylic acids is 4. The van der Waals surface area contributed by atoms with Crippen molar-refractivity contribution in [3.05, 3.63) is 0 Å². The topological polar surface area (TPSA) is 114 Å². The van der Waals surface area contributed by atoms with Gasteiger partial charge in [0.2, 0.25) is 11.5 Å². The lowest BCUT2D eigenvalue weighted by Gasteiger charge is -2.37. The number of methoxy groups -OCH3 is 1. The molecule has 1 fully saturated rings. The first kappa shape index (κ1) is 18.2. The van der Waals surface area contributed by atoms with Crippen LogP contribution in [0.1, 0.15) is 20.8 Å². The largest absolute Gasteiger partial charge is 0.467 e. The number of carbonyl (C=O) groups is 4. The molecule has 0 N–H and O–H groups in total. The second-order valence-corrected chi connectivity index (χ2v) is 5.11. The van der Waals surface area contributed by atoms with Gasteiger partial charge in [0, 0.05) is 32.8 Å². The molecule has 1 rings (SSSR count). The zero-order chi connectivity index (χ0) is 16.9. The molecule has 0 aromatic rings. The minimum absolute atomic E-state index is 0.612. The summed E-state index contributed by atoms with van der Waals surface area (Å²) in [6.07, 6.45) is -3.84. The second kappa shape index (κ2) is 7.99. The average Bonchev–Trinajstić information content (AvgIpc) is 2.40. The van der Waals surface area contributed by atoms with E-state index in [1.807, 2.05) is 0 Å². The summed E-state index contributed by atoms with van der Waals surface area (Å²) in [5, 5.41) is 0. The molecule has 9 nitrogen and oxygen atoms in total. The molecule has 1 heterocycles. The molecule has 1 aliphatic heterocycles. The molecular formula is C12H16O9S.